The van der Waals surface area contributed by atoms with Crippen LogP contribution in [0.3, 0.4) is 0 Å². The lowest BCUT2D eigenvalue weighted by Gasteiger charge is -2.16. The maximum atomic E-state index is 11.8. The van der Waals surface area contributed by atoms with E-state index in [0.29, 0.717) is 5.95 Å². The molecule has 23 heavy (non-hydrogen) atoms. The van der Waals surface area contributed by atoms with Crippen LogP contribution in [0.15, 0.2) is 5.16 Å². The molecule has 0 radical (unpaired) electrons. The quantitative estimate of drug-likeness (QED) is 0.412. The molecule has 0 aliphatic carbocycles. The minimum atomic E-state index is -1.31. The molecule has 1 saturated heterocycles. The van der Waals surface area contributed by atoms with E-state index in [0.717, 1.165) is 25.9 Å². The second-order valence-electron chi connectivity index (χ2n) is 4.98. The van der Waals surface area contributed by atoms with Gasteiger partial charge in [-0.15, -0.1) is 0 Å². The molecule has 0 saturated carbocycles. The van der Waals surface area contributed by atoms with Crippen LogP contribution in [-0.2, 0) is 19.2 Å². The number of oxime groups is 1. The highest BCUT2D eigenvalue weighted by Crippen LogP contribution is 2.22. The number of carbonyl (C=O) groups is 2. The third kappa shape index (κ3) is 2.79. The first kappa shape index (κ1) is 15.1. The average molecular weight is 321 g/mol. The smallest absolute Gasteiger partial charge is 0.355 e. The van der Waals surface area contributed by atoms with Gasteiger partial charge in [-0.25, -0.2) is 4.79 Å². The molecule has 1 aromatic rings. The molecule has 3 heterocycles. The van der Waals surface area contributed by atoms with Gasteiger partial charge >= 0.3 is 17.9 Å². The third-order valence-electron chi connectivity index (χ3n) is 3.58. The number of aromatic nitrogens is 3. The zero-order chi connectivity index (χ0) is 16.4. The largest absolute Gasteiger partial charge is 0.468 e. The summed E-state index contributed by atoms with van der Waals surface area (Å²) in [5.41, 5.74) is -0.0111. The number of anilines is 1. The van der Waals surface area contributed by atoms with Crippen LogP contribution < -0.4 is 9.64 Å². The predicted molar refractivity (Wildman–Crippen MR) is 76.0 cm³/mol. The number of rotatable bonds is 4. The van der Waals surface area contributed by atoms with E-state index in [1.807, 2.05) is 4.90 Å². The van der Waals surface area contributed by atoms with Gasteiger partial charge in [0.15, 0.2) is 11.5 Å². The summed E-state index contributed by atoms with van der Waals surface area (Å²) < 4.78 is 9.69. The summed E-state index contributed by atoms with van der Waals surface area (Å²) in [6.45, 7) is 1.63. The minimum absolute atomic E-state index is 0.0111. The zero-order valence-electron chi connectivity index (χ0n) is 12.7. The van der Waals surface area contributed by atoms with Crippen LogP contribution in [-0.4, -0.2) is 59.9 Å². The predicted octanol–water partition coefficient (Wildman–Crippen LogP) is -0.470. The van der Waals surface area contributed by atoms with Gasteiger partial charge in [0.05, 0.1) is 14.2 Å². The normalized spacial score (nSPS) is 20.3. The zero-order valence-corrected chi connectivity index (χ0v) is 12.7. The molecule has 0 N–H and O–H groups in total. The standard InChI is InChI=1S/C13H15N5O5/c1-21-10(19)7-8(17-23-11(7)20)9-14-12(16-13(15-9)22-2)18-5-3-4-6-18/h7H,3-6H2,1-2H3. The van der Waals surface area contributed by atoms with Crippen molar-refractivity contribution in [3.8, 4) is 6.01 Å². The lowest BCUT2D eigenvalue weighted by atomic mass is 10.0. The van der Waals surface area contributed by atoms with Crippen LogP contribution in [0.2, 0.25) is 0 Å². The molecule has 1 aromatic heterocycles. The van der Waals surface area contributed by atoms with Gasteiger partial charge in [-0.3, -0.25) is 4.79 Å². The average Bonchev–Trinajstić information content (AvgIpc) is 3.23. The molecule has 2 aliphatic heterocycles. The number of esters is 1. The molecule has 3 rings (SSSR count). The van der Waals surface area contributed by atoms with E-state index in [4.69, 9.17) is 4.74 Å². The summed E-state index contributed by atoms with van der Waals surface area (Å²) in [5, 5.41) is 3.62. The Kier molecular flexibility index (Phi) is 4.04. The SMILES string of the molecule is COC(=O)C1C(=O)ON=C1c1nc(OC)nc(N2CCCC2)n1. The number of methoxy groups -OCH3 is 2. The van der Waals surface area contributed by atoms with E-state index in [-0.39, 0.29) is 17.5 Å². The van der Waals surface area contributed by atoms with Crippen LogP contribution in [0.5, 0.6) is 6.01 Å². The second kappa shape index (κ2) is 6.15. The molecule has 0 bridgehead atoms. The highest BCUT2D eigenvalue weighted by atomic mass is 16.7. The molecule has 10 heteroatoms. The number of hydrogen-bond donors (Lipinski definition) is 0. The van der Waals surface area contributed by atoms with Gasteiger partial charge in [0.1, 0.15) is 0 Å². The second-order valence-corrected chi connectivity index (χ2v) is 4.98. The molecule has 10 nitrogen and oxygen atoms in total. The lowest BCUT2D eigenvalue weighted by Crippen LogP contribution is -2.31. The van der Waals surface area contributed by atoms with Crippen molar-refractivity contribution in [2.45, 2.75) is 12.8 Å². The molecule has 0 aromatic carbocycles. The summed E-state index contributed by atoms with van der Waals surface area (Å²) in [7, 11) is 2.60. The molecule has 0 amide bonds. The Morgan fingerprint density at radius 1 is 1.22 bits per heavy atom. The molecular weight excluding hydrogens is 306 g/mol. The summed E-state index contributed by atoms with van der Waals surface area (Å²) in [6.07, 6.45) is 2.08. The Hall–Kier alpha value is -2.78. The lowest BCUT2D eigenvalue weighted by molar-refractivity contribution is -0.154. The van der Waals surface area contributed by atoms with Crippen molar-refractivity contribution >= 4 is 23.6 Å². The Balaban J connectivity index is 1.99. The van der Waals surface area contributed by atoms with E-state index in [9.17, 15) is 9.59 Å². The highest BCUT2D eigenvalue weighted by molar-refractivity contribution is 6.23. The van der Waals surface area contributed by atoms with Crippen LogP contribution >= 0.6 is 0 Å². The van der Waals surface area contributed by atoms with Gasteiger partial charge in [-0.1, -0.05) is 5.16 Å². The maximum absolute atomic E-state index is 11.8. The van der Waals surface area contributed by atoms with Crippen LogP contribution in [0.1, 0.15) is 18.7 Å². The van der Waals surface area contributed by atoms with Crippen molar-refractivity contribution in [1.82, 2.24) is 15.0 Å². The Morgan fingerprint density at radius 2 is 1.96 bits per heavy atom. The summed E-state index contributed by atoms with van der Waals surface area (Å²) in [6, 6.07) is 0.0718. The van der Waals surface area contributed by atoms with Gasteiger partial charge in [0.2, 0.25) is 11.9 Å². The molecular formula is C13H15N5O5. The fourth-order valence-corrected chi connectivity index (χ4v) is 2.42. The molecule has 122 valence electrons. The number of ether oxygens (including phenoxy) is 2. The van der Waals surface area contributed by atoms with Gasteiger partial charge in [-0.05, 0) is 12.8 Å². The molecule has 1 unspecified atom stereocenters. The van der Waals surface area contributed by atoms with E-state index < -0.39 is 17.9 Å². The van der Waals surface area contributed by atoms with Crippen LogP contribution in [0.25, 0.3) is 0 Å². The number of carbonyl (C=O) groups excluding carboxylic acids is 2. The van der Waals surface area contributed by atoms with Gasteiger partial charge in [0, 0.05) is 13.1 Å². The highest BCUT2D eigenvalue weighted by Gasteiger charge is 2.43. The molecule has 0 spiro atoms. The van der Waals surface area contributed by atoms with E-state index in [1.165, 1.54) is 14.2 Å². The first-order chi connectivity index (χ1) is 11.1. The Labute approximate surface area is 131 Å². The van der Waals surface area contributed by atoms with Crippen molar-refractivity contribution in [2.75, 3.05) is 32.2 Å². The number of hydrogen-bond acceptors (Lipinski definition) is 10. The van der Waals surface area contributed by atoms with Crippen molar-refractivity contribution in [3.05, 3.63) is 5.82 Å². The monoisotopic (exact) mass is 321 g/mol. The fourth-order valence-electron chi connectivity index (χ4n) is 2.42. The van der Waals surface area contributed by atoms with Crippen molar-refractivity contribution in [2.24, 2.45) is 11.1 Å². The summed E-state index contributed by atoms with van der Waals surface area (Å²) >= 11 is 0. The topological polar surface area (TPSA) is 116 Å². The van der Waals surface area contributed by atoms with Crippen molar-refractivity contribution in [1.29, 1.82) is 0 Å². The maximum Gasteiger partial charge on any atom is 0.355 e. The van der Waals surface area contributed by atoms with Crippen molar-refractivity contribution in [3.63, 3.8) is 0 Å². The molecule has 1 atom stereocenters. The van der Waals surface area contributed by atoms with E-state index in [1.54, 1.807) is 0 Å². The fraction of sp³-hybridized carbons (Fsp3) is 0.538. The first-order valence-electron chi connectivity index (χ1n) is 7.06. The number of nitrogens with zero attached hydrogens (tertiary/aromatic N) is 5. The first-order valence-corrected chi connectivity index (χ1v) is 7.06. The molecule has 2 aliphatic rings. The van der Waals surface area contributed by atoms with Gasteiger partial charge in [0.25, 0.3) is 0 Å². The summed E-state index contributed by atoms with van der Waals surface area (Å²) in [5.74, 6) is -2.45. The van der Waals surface area contributed by atoms with Crippen molar-refractivity contribution < 1.29 is 23.9 Å². The van der Waals surface area contributed by atoms with E-state index >= 15 is 0 Å². The van der Waals surface area contributed by atoms with Gasteiger partial charge < -0.3 is 19.2 Å². The third-order valence-corrected chi connectivity index (χ3v) is 3.58. The van der Waals surface area contributed by atoms with E-state index in [2.05, 4.69) is 29.7 Å². The van der Waals surface area contributed by atoms with Gasteiger partial charge in [-0.2, -0.15) is 15.0 Å². The van der Waals surface area contributed by atoms with Crippen LogP contribution in [0.4, 0.5) is 5.95 Å². The van der Waals surface area contributed by atoms with Crippen LogP contribution in [0, 0.1) is 5.92 Å². The molecule has 1 fully saturated rings. The summed E-state index contributed by atoms with van der Waals surface area (Å²) in [4.78, 5) is 42.6. The Morgan fingerprint density at radius 3 is 2.61 bits per heavy atom. The Bertz CT molecular complexity index is 671. The minimum Gasteiger partial charge on any atom is -0.468 e.